The van der Waals surface area contributed by atoms with E-state index < -0.39 is 0 Å². The van der Waals surface area contributed by atoms with Crippen LogP contribution in [0.3, 0.4) is 0 Å². The smallest absolute Gasteiger partial charge is 0.257 e. The van der Waals surface area contributed by atoms with Gasteiger partial charge in [-0.25, -0.2) is 0 Å². The van der Waals surface area contributed by atoms with Gasteiger partial charge in [-0.2, -0.15) is 0 Å². The molecule has 0 saturated heterocycles. The van der Waals surface area contributed by atoms with E-state index in [0.717, 1.165) is 5.56 Å². The van der Waals surface area contributed by atoms with Crippen LogP contribution in [0.2, 0.25) is 0 Å². The van der Waals surface area contributed by atoms with Crippen molar-refractivity contribution in [3.8, 4) is 5.75 Å². The molecule has 2 rings (SSSR count). The molecular formula is C17H19NO2. The van der Waals surface area contributed by atoms with Gasteiger partial charge in [0.2, 0.25) is 0 Å². The molecule has 0 N–H and O–H groups in total. The second-order valence-electron chi connectivity index (χ2n) is 4.85. The van der Waals surface area contributed by atoms with E-state index in [1.54, 1.807) is 31.2 Å². The molecule has 0 unspecified atom stereocenters. The van der Waals surface area contributed by atoms with Gasteiger partial charge in [0, 0.05) is 13.6 Å². The SMILES string of the molecule is COc1ccccc1C(=O)N(C)Cc1ccc(C)cc1. The number of rotatable bonds is 4. The van der Waals surface area contributed by atoms with Crippen molar-refractivity contribution in [2.75, 3.05) is 14.2 Å². The highest BCUT2D eigenvalue weighted by Gasteiger charge is 2.16. The Morgan fingerprint density at radius 1 is 1.10 bits per heavy atom. The number of benzene rings is 2. The Balaban J connectivity index is 2.14. The molecule has 3 heteroatoms. The molecule has 0 bridgehead atoms. The normalized spacial score (nSPS) is 10.2. The van der Waals surface area contributed by atoms with Crippen molar-refractivity contribution in [3.05, 3.63) is 65.2 Å². The largest absolute Gasteiger partial charge is 0.496 e. The van der Waals surface area contributed by atoms with Gasteiger partial charge in [-0.05, 0) is 24.6 Å². The van der Waals surface area contributed by atoms with Crippen LogP contribution in [0, 0.1) is 6.92 Å². The third-order valence-electron chi connectivity index (χ3n) is 3.22. The van der Waals surface area contributed by atoms with Crippen LogP contribution in [-0.4, -0.2) is 25.0 Å². The number of hydrogen-bond donors (Lipinski definition) is 0. The number of hydrogen-bond acceptors (Lipinski definition) is 2. The third-order valence-corrected chi connectivity index (χ3v) is 3.22. The number of para-hydroxylation sites is 1. The highest BCUT2D eigenvalue weighted by molar-refractivity contribution is 5.96. The topological polar surface area (TPSA) is 29.5 Å². The molecule has 0 aliphatic carbocycles. The summed E-state index contributed by atoms with van der Waals surface area (Å²) in [7, 11) is 3.38. The first-order valence-electron chi connectivity index (χ1n) is 6.56. The van der Waals surface area contributed by atoms with Crippen LogP contribution >= 0.6 is 0 Å². The zero-order valence-electron chi connectivity index (χ0n) is 12.1. The summed E-state index contributed by atoms with van der Waals surface area (Å²) in [6.45, 7) is 2.63. The predicted molar refractivity (Wildman–Crippen MR) is 80.0 cm³/mol. The molecule has 3 nitrogen and oxygen atoms in total. The molecule has 104 valence electrons. The second-order valence-corrected chi connectivity index (χ2v) is 4.85. The minimum Gasteiger partial charge on any atom is -0.496 e. The average molecular weight is 269 g/mol. The van der Waals surface area contributed by atoms with Crippen molar-refractivity contribution in [1.82, 2.24) is 4.90 Å². The first-order chi connectivity index (χ1) is 9.61. The molecule has 0 aromatic heterocycles. The van der Waals surface area contributed by atoms with Gasteiger partial charge in [-0.1, -0.05) is 42.0 Å². The van der Waals surface area contributed by atoms with E-state index in [1.807, 2.05) is 31.2 Å². The number of carbonyl (C=O) groups excluding carboxylic acids is 1. The fourth-order valence-corrected chi connectivity index (χ4v) is 2.07. The lowest BCUT2D eigenvalue weighted by atomic mass is 10.1. The lowest BCUT2D eigenvalue weighted by molar-refractivity contribution is 0.0781. The maximum atomic E-state index is 12.4. The van der Waals surface area contributed by atoms with E-state index in [2.05, 4.69) is 12.1 Å². The van der Waals surface area contributed by atoms with Crippen LogP contribution in [0.4, 0.5) is 0 Å². The fourth-order valence-electron chi connectivity index (χ4n) is 2.07. The first-order valence-corrected chi connectivity index (χ1v) is 6.56. The van der Waals surface area contributed by atoms with Gasteiger partial charge in [0.05, 0.1) is 12.7 Å². The van der Waals surface area contributed by atoms with Crippen LogP contribution in [-0.2, 0) is 6.54 Å². The standard InChI is InChI=1S/C17H19NO2/c1-13-8-10-14(11-9-13)12-18(2)17(19)15-6-4-5-7-16(15)20-3/h4-11H,12H2,1-3H3. The summed E-state index contributed by atoms with van der Waals surface area (Å²) in [6, 6.07) is 15.5. The number of ether oxygens (including phenoxy) is 1. The first kappa shape index (κ1) is 14.1. The van der Waals surface area contributed by atoms with E-state index in [9.17, 15) is 4.79 Å². The molecule has 2 aromatic carbocycles. The number of nitrogens with zero attached hydrogens (tertiary/aromatic N) is 1. The van der Waals surface area contributed by atoms with Crippen molar-refractivity contribution in [1.29, 1.82) is 0 Å². The molecule has 20 heavy (non-hydrogen) atoms. The molecular weight excluding hydrogens is 250 g/mol. The third kappa shape index (κ3) is 3.18. The summed E-state index contributed by atoms with van der Waals surface area (Å²) in [5.41, 5.74) is 2.92. The second kappa shape index (κ2) is 6.24. The van der Waals surface area contributed by atoms with E-state index in [-0.39, 0.29) is 5.91 Å². The summed E-state index contributed by atoms with van der Waals surface area (Å²) in [4.78, 5) is 14.1. The highest BCUT2D eigenvalue weighted by Crippen LogP contribution is 2.19. The zero-order valence-corrected chi connectivity index (χ0v) is 12.1. The minimum absolute atomic E-state index is 0.0389. The Morgan fingerprint density at radius 3 is 2.40 bits per heavy atom. The van der Waals surface area contributed by atoms with E-state index >= 15 is 0 Å². The van der Waals surface area contributed by atoms with Gasteiger partial charge in [0.15, 0.2) is 0 Å². The highest BCUT2D eigenvalue weighted by atomic mass is 16.5. The fraction of sp³-hybridized carbons (Fsp3) is 0.235. The Hall–Kier alpha value is -2.29. The molecule has 0 spiro atoms. The molecule has 0 atom stereocenters. The van der Waals surface area contributed by atoms with Crippen LogP contribution in [0.25, 0.3) is 0 Å². The van der Waals surface area contributed by atoms with Crippen molar-refractivity contribution < 1.29 is 9.53 Å². The van der Waals surface area contributed by atoms with Crippen LogP contribution < -0.4 is 4.74 Å². The molecule has 0 fully saturated rings. The summed E-state index contributed by atoms with van der Waals surface area (Å²) in [5.74, 6) is 0.566. The van der Waals surface area contributed by atoms with Crippen molar-refractivity contribution in [3.63, 3.8) is 0 Å². The van der Waals surface area contributed by atoms with Crippen molar-refractivity contribution in [2.45, 2.75) is 13.5 Å². The Labute approximate surface area is 119 Å². The summed E-state index contributed by atoms with van der Waals surface area (Å²) >= 11 is 0. The van der Waals surface area contributed by atoms with Gasteiger partial charge >= 0.3 is 0 Å². The van der Waals surface area contributed by atoms with Crippen molar-refractivity contribution in [2.24, 2.45) is 0 Å². The van der Waals surface area contributed by atoms with Crippen LogP contribution in [0.1, 0.15) is 21.5 Å². The molecule has 0 saturated carbocycles. The van der Waals surface area contributed by atoms with Gasteiger partial charge in [0.1, 0.15) is 5.75 Å². The predicted octanol–water partition coefficient (Wildman–Crippen LogP) is 3.28. The van der Waals surface area contributed by atoms with E-state index in [0.29, 0.717) is 17.9 Å². The Bertz CT molecular complexity index is 590. The molecule has 1 amide bonds. The Morgan fingerprint density at radius 2 is 1.75 bits per heavy atom. The molecule has 2 aromatic rings. The van der Waals surface area contributed by atoms with Crippen LogP contribution in [0.5, 0.6) is 5.75 Å². The van der Waals surface area contributed by atoms with Gasteiger partial charge in [-0.15, -0.1) is 0 Å². The average Bonchev–Trinajstić information content (AvgIpc) is 2.48. The number of aryl methyl sites for hydroxylation is 1. The molecule has 0 radical (unpaired) electrons. The number of carbonyl (C=O) groups is 1. The lowest BCUT2D eigenvalue weighted by Crippen LogP contribution is -2.26. The van der Waals surface area contributed by atoms with Gasteiger partial charge in [0.25, 0.3) is 5.91 Å². The Kier molecular flexibility index (Phi) is 4.41. The maximum Gasteiger partial charge on any atom is 0.257 e. The van der Waals surface area contributed by atoms with E-state index in [4.69, 9.17) is 4.74 Å². The molecule has 0 heterocycles. The lowest BCUT2D eigenvalue weighted by Gasteiger charge is -2.18. The maximum absolute atomic E-state index is 12.4. The van der Waals surface area contributed by atoms with Crippen molar-refractivity contribution >= 4 is 5.91 Å². The molecule has 0 aliphatic heterocycles. The molecule has 0 aliphatic rings. The van der Waals surface area contributed by atoms with E-state index in [1.165, 1.54) is 5.56 Å². The summed E-state index contributed by atoms with van der Waals surface area (Å²) in [6.07, 6.45) is 0. The number of methoxy groups -OCH3 is 1. The van der Waals surface area contributed by atoms with Crippen LogP contribution in [0.15, 0.2) is 48.5 Å². The number of amides is 1. The van der Waals surface area contributed by atoms with Gasteiger partial charge < -0.3 is 9.64 Å². The monoisotopic (exact) mass is 269 g/mol. The summed E-state index contributed by atoms with van der Waals surface area (Å²) < 4.78 is 5.24. The zero-order chi connectivity index (χ0) is 14.5. The minimum atomic E-state index is -0.0389. The summed E-state index contributed by atoms with van der Waals surface area (Å²) in [5, 5.41) is 0. The quantitative estimate of drug-likeness (QED) is 0.852. The van der Waals surface area contributed by atoms with Gasteiger partial charge in [-0.3, -0.25) is 4.79 Å².